The van der Waals surface area contributed by atoms with E-state index in [-0.39, 0.29) is 5.97 Å². The van der Waals surface area contributed by atoms with Crippen LogP contribution >= 0.6 is 11.8 Å². The molecule has 1 fully saturated rings. The Morgan fingerprint density at radius 2 is 1.75 bits per heavy atom. The van der Waals surface area contributed by atoms with Gasteiger partial charge in [0.05, 0.1) is 13.7 Å². The van der Waals surface area contributed by atoms with Gasteiger partial charge in [-0.3, -0.25) is 9.69 Å². The van der Waals surface area contributed by atoms with Crippen molar-refractivity contribution in [2.45, 2.75) is 61.7 Å². The predicted molar refractivity (Wildman–Crippen MR) is 148 cm³/mol. The second kappa shape index (κ2) is 13.8. The number of fused-ring (bicyclic) bond motifs is 2. The van der Waals surface area contributed by atoms with Gasteiger partial charge in [-0.2, -0.15) is 0 Å². The number of carbonyl (C=O) groups excluding carboxylic acids is 1. The zero-order valence-corrected chi connectivity index (χ0v) is 22.7. The Balaban J connectivity index is 1.28. The van der Waals surface area contributed by atoms with Crippen molar-refractivity contribution in [1.82, 2.24) is 9.80 Å². The number of nitrogens with zero attached hydrogens (tertiary/aromatic N) is 2. The standard InChI is InChI=1S/C30H40N2O3S/c1-3-4-5-6-7-13-30(33)35-21-10-16-31-17-19-32(20-18-31)27-22-24-11-8-9-12-28(24)36-29-15-14-25(34-2)23-26(27)29/h8-9,11-12,14-15,22-23H,3-7,10,13,16-21H2,1-2H3. The fourth-order valence-corrected chi connectivity index (χ4v) is 5.89. The van der Waals surface area contributed by atoms with E-state index in [1.54, 1.807) is 7.11 Å². The van der Waals surface area contributed by atoms with Gasteiger partial charge in [0.25, 0.3) is 0 Å². The number of unbranched alkanes of at least 4 members (excludes halogenated alkanes) is 4. The number of benzene rings is 2. The molecule has 0 unspecified atom stereocenters. The average Bonchev–Trinajstić information content (AvgIpc) is 3.07. The zero-order chi connectivity index (χ0) is 25.2. The molecule has 0 spiro atoms. The maximum Gasteiger partial charge on any atom is 0.305 e. The Morgan fingerprint density at radius 3 is 2.56 bits per heavy atom. The van der Waals surface area contributed by atoms with E-state index < -0.39 is 0 Å². The van der Waals surface area contributed by atoms with E-state index in [1.807, 2.05) is 11.8 Å². The smallest absolute Gasteiger partial charge is 0.305 e. The minimum Gasteiger partial charge on any atom is -0.497 e. The molecule has 2 aromatic rings. The molecule has 0 bridgehead atoms. The van der Waals surface area contributed by atoms with Gasteiger partial charge in [0.2, 0.25) is 0 Å². The van der Waals surface area contributed by atoms with E-state index in [9.17, 15) is 4.79 Å². The van der Waals surface area contributed by atoms with Crippen LogP contribution in [0, 0.1) is 0 Å². The molecule has 0 radical (unpaired) electrons. The maximum atomic E-state index is 11.9. The molecule has 36 heavy (non-hydrogen) atoms. The van der Waals surface area contributed by atoms with E-state index in [2.05, 4.69) is 65.3 Å². The molecular weight excluding hydrogens is 468 g/mol. The first-order valence-electron chi connectivity index (χ1n) is 13.5. The molecule has 0 amide bonds. The monoisotopic (exact) mass is 508 g/mol. The summed E-state index contributed by atoms with van der Waals surface area (Å²) in [6, 6.07) is 15.0. The summed E-state index contributed by atoms with van der Waals surface area (Å²) in [5.41, 5.74) is 3.78. The van der Waals surface area contributed by atoms with E-state index >= 15 is 0 Å². The molecule has 0 N–H and O–H groups in total. The summed E-state index contributed by atoms with van der Waals surface area (Å²) in [6.07, 6.45) is 9.58. The van der Waals surface area contributed by atoms with Gasteiger partial charge in [0.15, 0.2) is 0 Å². The highest BCUT2D eigenvalue weighted by atomic mass is 32.2. The summed E-state index contributed by atoms with van der Waals surface area (Å²) < 4.78 is 11.0. The molecule has 2 aliphatic heterocycles. The van der Waals surface area contributed by atoms with Crippen molar-refractivity contribution in [1.29, 1.82) is 0 Å². The summed E-state index contributed by atoms with van der Waals surface area (Å²) in [5, 5.41) is 0. The third-order valence-electron chi connectivity index (χ3n) is 6.97. The van der Waals surface area contributed by atoms with E-state index in [4.69, 9.17) is 9.47 Å². The van der Waals surface area contributed by atoms with Crippen LogP contribution in [0.3, 0.4) is 0 Å². The minimum atomic E-state index is -0.0381. The van der Waals surface area contributed by atoms with Crippen molar-refractivity contribution in [3.63, 3.8) is 0 Å². The van der Waals surface area contributed by atoms with Crippen LogP contribution in [0.5, 0.6) is 5.75 Å². The van der Waals surface area contributed by atoms with Crippen LogP contribution in [0.15, 0.2) is 52.3 Å². The molecule has 194 valence electrons. The zero-order valence-electron chi connectivity index (χ0n) is 21.8. The molecule has 5 nitrogen and oxygen atoms in total. The van der Waals surface area contributed by atoms with Gasteiger partial charge in [0.1, 0.15) is 5.75 Å². The molecule has 1 saturated heterocycles. The Bertz CT molecular complexity index is 1030. The van der Waals surface area contributed by atoms with Gasteiger partial charge >= 0.3 is 5.97 Å². The molecule has 0 aromatic heterocycles. The number of piperazine rings is 1. The molecule has 0 atom stereocenters. The summed E-state index contributed by atoms with van der Waals surface area (Å²) >= 11 is 1.83. The molecule has 2 aliphatic rings. The lowest BCUT2D eigenvalue weighted by Gasteiger charge is -2.37. The first kappa shape index (κ1) is 26.6. The fraction of sp³-hybridized carbons (Fsp3) is 0.500. The van der Waals surface area contributed by atoms with Crippen molar-refractivity contribution in [2.75, 3.05) is 46.4 Å². The second-order valence-corrected chi connectivity index (χ2v) is 10.7. The molecule has 4 rings (SSSR count). The Kier molecular flexibility index (Phi) is 10.2. The van der Waals surface area contributed by atoms with Gasteiger partial charge in [-0.1, -0.05) is 62.6 Å². The fourth-order valence-electron chi connectivity index (χ4n) is 4.85. The quantitative estimate of drug-likeness (QED) is 0.239. The van der Waals surface area contributed by atoms with Crippen LogP contribution in [-0.2, 0) is 9.53 Å². The highest BCUT2D eigenvalue weighted by Crippen LogP contribution is 2.42. The number of esters is 1. The van der Waals surface area contributed by atoms with Crippen LogP contribution in [0.2, 0.25) is 0 Å². The van der Waals surface area contributed by atoms with Gasteiger partial charge in [-0.05, 0) is 48.7 Å². The lowest BCUT2D eigenvalue weighted by Crippen LogP contribution is -2.45. The largest absolute Gasteiger partial charge is 0.497 e. The van der Waals surface area contributed by atoms with Crippen LogP contribution in [-0.4, -0.2) is 62.2 Å². The first-order valence-corrected chi connectivity index (χ1v) is 14.3. The third kappa shape index (κ3) is 7.30. The van der Waals surface area contributed by atoms with Gasteiger partial charge < -0.3 is 14.4 Å². The summed E-state index contributed by atoms with van der Waals surface area (Å²) in [4.78, 5) is 19.5. The first-order chi connectivity index (χ1) is 17.7. The maximum absolute atomic E-state index is 11.9. The van der Waals surface area contributed by atoms with Gasteiger partial charge in [0, 0.05) is 60.2 Å². The minimum absolute atomic E-state index is 0.0381. The molecule has 0 saturated carbocycles. The van der Waals surface area contributed by atoms with Crippen LogP contribution in [0.25, 0.3) is 11.8 Å². The molecule has 0 aliphatic carbocycles. The third-order valence-corrected chi connectivity index (χ3v) is 8.14. The van der Waals surface area contributed by atoms with Crippen molar-refractivity contribution >= 4 is 29.5 Å². The topological polar surface area (TPSA) is 42.0 Å². The number of methoxy groups -OCH3 is 1. The van der Waals surface area contributed by atoms with E-state index in [1.165, 1.54) is 45.9 Å². The molecule has 2 aromatic carbocycles. The SMILES string of the molecule is CCCCCCCC(=O)OCCCN1CCN(C2=Cc3ccccc3Sc3ccc(OC)cc32)CC1. The normalized spacial score (nSPS) is 15.5. The summed E-state index contributed by atoms with van der Waals surface area (Å²) in [6.45, 7) is 7.69. The number of rotatable bonds is 12. The number of hydrogen-bond acceptors (Lipinski definition) is 6. The lowest BCUT2D eigenvalue weighted by molar-refractivity contribution is -0.144. The Labute approximate surface area is 220 Å². The Hall–Kier alpha value is -2.44. The van der Waals surface area contributed by atoms with Crippen LogP contribution in [0.4, 0.5) is 0 Å². The molecule has 2 heterocycles. The number of carbonyl (C=O) groups is 1. The Morgan fingerprint density at radius 1 is 0.944 bits per heavy atom. The summed E-state index contributed by atoms with van der Waals surface area (Å²) in [5.74, 6) is 0.851. The molecular formula is C30H40N2O3S. The van der Waals surface area contributed by atoms with E-state index in [0.29, 0.717) is 13.0 Å². The van der Waals surface area contributed by atoms with Crippen LogP contribution < -0.4 is 4.74 Å². The van der Waals surface area contributed by atoms with Crippen LogP contribution in [0.1, 0.15) is 63.0 Å². The highest BCUT2D eigenvalue weighted by molar-refractivity contribution is 7.99. The highest BCUT2D eigenvalue weighted by Gasteiger charge is 2.24. The van der Waals surface area contributed by atoms with E-state index in [0.717, 1.165) is 57.7 Å². The summed E-state index contributed by atoms with van der Waals surface area (Å²) in [7, 11) is 1.73. The lowest BCUT2D eigenvalue weighted by atomic mass is 10.1. The van der Waals surface area contributed by atoms with Gasteiger partial charge in [-0.25, -0.2) is 0 Å². The second-order valence-electron chi connectivity index (χ2n) is 9.60. The van der Waals surface area contributed by atoms with Crippen molar-refractivity contribution < 1.29 is 14.3 Å². The molecule has 6 heteroatoms. The van der Waals surface area contributed by atoms with Gasteiger partial charge in [-0.15, -0.1) is 0 Å². The van der Waals surface area contributed by atoms with Crippen molar-refractivity contribution in [3.8, 4) is 5.75 Å². The number of ether oxygens (including phenoxy) is 2. The number of hydrogen-bond donors (Lipinski definition) is 0. The van der Waals surface area contributed by atoms with Crippen molar-refractivity contribution in [3.05, 3.63) is 53.6 Å². The predicted octanol–water partition coefficient (Wildman–Crippen LogP) is 6.57. The van der Waals surface area contributed by atoms with Crippen molar-refractivity contribution in [2.24, 2.45) is 0 Å². The average molecular weight is 509 g/mol.